The van der Waals surface area contributed by atoms with Gasteiger partial charge in [-0.15, -0.1) is 0 Å². The molecular weight excluding hydrogens is 346 g/mol. The van der Waals surface area contributed by atoms with E-state index in [1.54, 1.807) is 14.0 Å². The minimum atomic E-state index is -1.01. The standard InChI is InChI=1S/C20H35N3O4/c1-13(19(26)27)12-14(2)23(7)18(25)16(20(3,4)5)21-17(24)15-10-8-9-11-22(15)6/h12,14-16H,8-11H2,1-7H3,(H,21,24)(H,26,27)/b13-12+/t14-,15?,16?/m0/s1. The molecule has 0 aromatic rings. The van der Waals surface area contributed by atoms with E-state index >= 15 is 0 Å². The topological polar surface area (TPSA) is 90.0 Å². The van der Waals surface area contributed by atoms with Crippen LogP contribution in [0.4, 0.5) is 0 Å². The summed E-state index contributed by atoms with van der Waals surface area (Å²) < 4.78 is 0. The van der Waals surface area contributed by atoms with Crippen LogP contribution in [0.15, 0.2) is 11.6 Å². The van der Waals surface area contributed by atoms with Crippen LogP contribution in [-0.4, -0.2) is 71.5 Å². The number of likely N-dealkylation sites (N-methyl/N-ethyl adjacent to an activating group) is 2. The molecule has 7 heteroatoms. The van der Waals surface area contributed by atoms with Gasteiger partial charge >= 0.3 is 5.97 Å². The summed E-state index contributed by atoms with van der Waals surface area (Å²) in [4.78, 5) is 40.5. The van der Waals surface area contributed by atoms with Crippen LogP contribution in [0.1, 0.15) is 53.9 Å². The van der Waals surface area contributed by atoms with Crippen LogP contribution in [0, 0.1) is 5.41 Å². The average Bonchev–Trinajstić information content (AvgIpc) is 2.57. The maximum atomic E-state index is 13.1. The maximum absolute atomic E-state index is 13.1. The smallest absolute Gasteiger partial charge is 0.331 e. The number of likely N-dealkylation sites (tertiary alicyclic amines) is 1. The predicted molar refractivity (Wildman–Crippen MR) is 105 cm³/mol. The molecule has 27 heavy (non-hydrogen) atoms. The highest BCUT2D eigenvalue weighted by atomic mass is 16.4. The van der Waals surface area contributed by atoms with E-state index in [9.17, 15) is 14.4 Å². The minimum Gasteiger partial charge on any atom is -0.478 e. The van der Waals surface area contributed by atoms with Gasteiger partial charge < -0.3 is 15.3 Å². The molecule has 0 aromatic carbocycles. The Balaban J connectivity index is 2.95. The lowest BCUT2D eigenvalue weighted by atomic mass is 9.85. The Bertz CT molecular complexity index is 595. The van der Waals surface area contributed by atoms with Gasteiger partial charge in [0.2, 0.25) is 11.8 Å². The van der Waals surface area contributed by atoms with Crippen molar-refractivity contribution in [1.29, 1.82) is 0 Å². The zero-order valence-corrected chi connectivity index (χ0v) is 17.7. The first-order valence-electron chi connectivity index (χ1n) is 9.55. The highest BCUT2D eigenvalue weighted by molar-refractivity contribution is 5.91. The first kappa shape index (κ1) is 23.1. The van der Waals surface area contributed by atoms with E-state index in [1.807, 2.05) is 32.7 Å². The van der Waals surface area contributed by atoms with E-state index in [0.717, 1.165) is 25.8 Å². The summed E-state index contributed by atoms with van der Waals surface area (Å²) in [5, 5.41) is 12.0. The minimum absolute atomic E-state index is 0.121. The number of nitrogens with zero attached hydrogens (tertiary/aromatic N) is 2. The number of rotatable bonds is 6. The number of aliphatic carboxylic acids is 1. The summed E-state index contributed by atoms with van der Waals surface area (Å²) in [7, 11) is 3.57. The number of carboxylic acids is 1. The van der Waals surface area contributed by atoms with Crippen molar-refractivity contribution in [2.24, 2.45) is 5.41 Å². The van der Waals surface area contributed by atoms with Gasteiger partial charge in [-0.1, -0.05) is 33.3 Å². The molecule has 1 aliphatic heterocycles. The van der Waals surface area contributed by atoms with Gasteiger partial charge in [0.1, 0.15) is 6.04 Å². The number of hydrogen-bond acceptors (Lipinski definition) is 4. The van der Waals surface area contributed by atoms with Gasteiger partial charge in [0, 0.05) is 18.7 Å². The summed E-state index contributed by atoms with van der Waals surface area (Å²) in [6, 6.07) is -1.30. The second kappa shape index (κ2) is 9.35. The number of hydrogen-bond donors (Lipinski definition) is 2. The molecule has 0 saturated carbocycles. The number of piperidine rings is 1. The Hall–Kier alpha value is -1.89. The van der Waals surface area contributed by atoms with Crippen molar-refractivity contribution < 1.29 is 19.5 Å². The van der Waals surface area contributed by atoms with Crippen LogP contribution < -0.4 is 5.32 Å². The molecule has 0 bridgehead atoms. The van der Waals surface area contributed by atoms with E-state index in [4.69, 9.17) is 5.11 Å². The van der Waals surface area contributed by atoms with Crippen LogP contribution in [-0.2, 0) is 14.4 Å². The average molecular weight is 382 g/mol. The van der Waals surface area contributed by atoms with Gasteiger partial charge in [-0.25, -0.2) is 4.79 Å². The quantitative estimate of drug-likeness (QED) is 0.686. The number of carbonyl (C=O) groups excluding carboxylic acids is 2. The van der Waals surface area contributed by atoms with E-state index in [2.05, 4.69) is 5.32 Å². The Labute approximate surface area is 162 Å². The first-order valence-corrected chi connectivity index (χ1v) is 9.55. The third-order valence-corrected chi connectivity index (χ3v) is 5.26. The fourth-order valence-corrected chi connectivity index (χ4v) is 3.24. The molecule has 2 N–H and O–H groups in total. The molecule has 2 amide bonds. The van der Waals surface area contributed by atoms with Crippen molar-refractivity contribution in [3.63, 3.8) is 0 Å². The molecule has 0 aromatic heterocycles. The highest BCUT2D eigenvalue weighted by Crippen LogP contribution is 2.23. The fraction of sp³-hybridized carbons (Fsp3) is 0.750. The van der Waals surface area contributed by atoms with Crippen LogP contribution >= 0.6 is 0 Å². The van der Waals surface area contributed by atoms with E-state index in [-0.39, 0.29) is 23.4 Å². The summed E-state index contributed by atoms with van der Waals surface area (Å²) in [5.41, 5.74) is -0.290. The number of carbonyl (C=O) groups is 3. The van der Waals surface area contributed by atoms with Crippen molar-refractivity contribution in [2.75, 3.05) is 20.6 Å². The lowest BCUT2D eigenvalue weighted by Gasteiger charge is -2.38. The summed E-state index contributed by atoms with van der Waals surface area (Å²) in [6.45, 7) is 9.88. The Morgan fingerprint density at radius 3 is 2.33 bits per heavy atom. The van der Waals surface area contributed by atoms with Gasteiger partial charge in [0.05, 0.1) is 6.04 Å². The van der Waals surface area contributed by atoms with Crippen LogP contribution in [0.5, 0.6) is 0 Å². The van der Waals surface area contributed by atoms with Crippen molar-refractivity contribution in [3.05, 3.63) is 11.6 Å². The fourth-order valence-electron chi connectivity index (χ4n) is 3.24. The molecule has 1 aliphatic rings. The monoisotopic (exact) mass is 381 g/mol. The Kier molecular flexibility index (Phi) is 8.02. The third-order valence-electron chi connectivity index (χ3n) is 5.26. The molecule has 0 spiro atoms. The van der Waals surface area contributed by atoms with E-state index < -0.39 is 23.5 Å². The first-order chi connectivity index (χ1) is 12.4. The van der Waals surface area contributed by atoms with Crippen molar-refractivity contribution in [2.45, 2.75) is 72.0 Å². The number of nitrogens with one attached hydrogen (secondary N) is 1. The van der Waals surface area contributed by atoms with Crippen molar-refractivity contribution in [1.82, 2.24) is 15.1 Å². The van der Waals surface area contributed by atoms with Gasteiger partial charge in [0.25, 0.3) is 0 Å². The lowest BCUT2D eigenvalue weighted by Crippen LogP contribution is -2.59. The van der Waals surface area contributed by atoms with Gasteiger partial charge in [-0.3, -0.25) is 14.5 Å². The largest absolute Gasteiger partial charge is 0.478 e. The van der Waals surface area contributed by atoms with Crippen molar-refractivity contribution in [3.8, 4) is 0 Å². The van der Waals surface area contributed by atoms with Crippen LogP contribution in [0.25, 0.3) is 0 Å². The third kappa shape index (κ3) is 6.34. The molecule has 1 saturated heterocycles. The van der Waals surface area contributed by atoms with E-state index in [1.165, 1.54) is 17.9 Å². The van der Waals surface area contributed by atoms with Crippen LogP contribution in [0.3, 0.4) is 0 Å². The molecule has 0 aliphatic carbocycles. The summed E-state index contributed by atoms with van der Waals surface area (Å²) >= 11 is 0. The summed E-state index contributed by atoms with van der Waals surface area (Å²) in [5.74, 6) is -1.36. The molecule has 7 nitrogen and oxygen atoms in total. The van der Waals surface area contributed by atoms with Crippen LogP contribution in [0.2, 0.25) is 0 Å². The molecular formula is C20H35N3O4. The second-order valence-electron chi connectivity index (χ2n) is 8.64. The molecule has 3 atom stereocenters. The zero-order valence-electron chi connectivity index (χ0n) is 17.7. The second-order valence-corrected chi connectivity index (χ2v) is 8.64. The van der Waals surface area contributed by atoms with Crippen molar-refractivity contribution >= 4 is 17.8 Å². The lowest BCUT2D eigenvalue weighted by molar-refractivity contribution is -0.141. The molecule has 0 radical (unpaired) electrons. The molecule has 2 unspecified atom stereocenters. The Morgan fingerprint density at radius 1 is 1.26 bits per heavy atom. The number of amides is 2. The zero-order chi connectivity index (χ0) is 20.9. The Morgan fingerprint density at radius 2 is 1.85 bits per heavy atom. The maximum Gasteiger partial charge on any atom is 0.331 e. The van der Waals surface area contributed by atoms with Gasteiger partial charge in [0.15, 0.2) is 0 Å². The van der Waals surface area contributed by atoms with E-state index in [0.29, 0.717) is 0 Å². The summed E-state index contributed by atoms with van der Waals surface area (Å²) in [6.07, 6.45) is 4.42. The molecule has 1 rings (SSSR count). The highest BCUT2D eigenvalue weighted by Gasteiger charge is 2.38. The molecule has 1 fully saturated rings. The number of carboxylic acid groups (broad SMARTS) is 1. The van der Waals surface area contributed by atoms with Gasteiger partial charge in [-0.05, 0) is 45.7 Å². The predicted octanol–water partition coefficient (Wildman–Crippen LogP) is 1.88. The SMILES string of the molecule is C/C(=C\[C@H](C)N(C)C(=O)C(NC(=O)C1CCCCN1C)C(C)(C)C)C(=O)O. The molecule has 1 heterocycles. The molecule has 154 valence electrons. The van der Waals surface area contributed by atoms with Gasteiger partial charge in [-0.2, -0.15) is 0 Å². The normalized spacial score (nSPS) is 21.3.